The first-order chi connectivity index (χ1) is 13.6. The Balaban J connectivity index is 1.45. The first kappa shape index (κ1) is 18.0. The Bertz CT molecular complexity index is 1040. The van der Waals surface area contributed by atoms with Crippen LogP contribution in [0.2, 0.25) is 0 Å². The van der Waals surface area contributed by atoms with Crippen LogP contribution >= 0.6 is 11.3 Å². The van der Waals surface area contributed by atoms with Crippen molar-refractivity contribution in [3.8, 4) is 0 Å². The van der Waals surface area contributed by atoms with Gasteiger partial charge in [-0.1, -0.05) is 42.5 Å². The maximum Gasteiger partial charge on any atom is 0.266 e. The lowest BCUT2D eigenvalue weighted by Gasteiger charge is -2.14. The summed E-state index contributed by atoms with van der Waals surface area (Å²) in [5, 5.41) is 12.0. The molecule has 140 valence electrons. The van der Waals surface area contributed by atoms with Crippen molar-refractivity contribution in [3.05, 3.63) is 70.2 Å². The Hall–Kier alpha value is -3.39. The lowest BCUT2D eigenvalue weighted by Crippen LogP contribution is -2.29. The number of aromatic nitrogens is 2. The molecule has 0 spiro atoms. The predicted molar refractivity (Wildman–Crippen MR) is 106 cm³/mol. The minimum atomic E-state index is -0.339. The highest BCUT2D eigenvalue weighted by atomic mass is 32.1. The molecular formula is C20H16N4O3S. The number of nitrogens with one attached hydrogen (secondary N) is 1. The molecule has 0 aliphatic carbocycles. The van der Waals surface area contributed by atoms with Gasteiger partial charge in [0.05, 0.1) is 23.2 Å². The van der Waals surface area contributed by atoms with E-state index in [9.17, 15) is 14.4 Å². The first-order valence-corrected chi connectivity index (χ1v) is 9.57. The molecule has 3 amide bonds. The van der Waals surface area contributed by atoms with Crippen LogP contribution in [0, 0.1) is 0 Å². The molecule has 0 saturated heterocycles. The fourth-order valence-corrected chi connectivity index (χ4v) is 3.68. The van der Waals surface area contributed by atoms with Crippen LogP contribution in [0.15, 0.2) is 48.5 Å². The van der Waals surface area contributed by atoms with Gasteiger partial charge in [0.25, 0.3) is 11.8 Å². The number of benzene rings is 2. The SMILES string of the molecule is CCc1nnc(NC(=O)Cc2ccc(N3C(=O)c4ccccc4C3=O)cc2)s1. The van der Waals surface area contributed by atoms with Crippen LogP contribution in [0.3, 0.4) is 0 Å². The summed E-state index contributed by atoms with van der Waals surface area (Å²) >= 11 is 1.35. The van der Waals surface area contributed by atoms with E-state index in [0.29, 0.717) is 21.9 Å². The second kappa shape index (κ2) is 7.32. The molecule has 0 bridgehead atoms. The third-order valence-corrected chi connectivity index (χ3v) is 5.35. The van der Waals surface area contributed by atoms with Crippen LogP contribution in [0.1, 0.15) is 38.2 Å². The van der Waals surface area contributed by atoms with Crippen LogP contribution in [0.25, 0.3) is 0 Å². The summed E-state index contributed by atoms with van der Waals surface area (Å²) < 4.78 is 0. The molecular weight excluding hydrogens is 376 g/mol. The van der Waals surface area contributed by atoms with E-state index < -0.39 is 0 Å². The van der Waals surface area contributed by atoms with Gasteiger partial charge in [-0.25, -0.2) is 4.90 Å². The summed E-state index contributed by atoms with van der Waals surface area (Å²) in [5.74, 6) is -0.879. The van der Waals surface area contributed by atoms with Gasteiger partial charge < -0.3 is 5.32 Å². The molecule has 1 aliphatic heterocycles. The molecule has 0 unspecified atom stereocenters. The minimum Gasteiger partial charge on any atom is -0.300 e. The smallest absolute Gasteiger partial charge is 0.266 e. The summed E-state index contributed by atoms with van der Waals surface area (Å²) in [5.41, 5.74) is 2.05. The summed E-state index contributed by atoms with van der Waals surface area (Å²) in [6.07, 6.45) is 0.927. The summed E-state index contributed by atoms with van der Waals surface area (Å²) in [7, 11) is 0. The zero-order valence-electron chi connectivity index (χ0n) is 15.0. The van der Waals surface area contributed by atoms with E-state index in [4.69, 9.17) is 0 Å². The van der Waals surface area contributed by atoms with E-state index >= 15 is 0 Å². The number of aryl methyl sites for hydroxylation is 1. The number of rotatable bonds is 5. The summed E-state index contributed by atoms with van der Waals surface area (Å²) in [6.45, 7) is 1.97. The molecule has 1 aliphatic rings. The molecule has 0 atom stereocenters. The number of hydrogen-bond donors (Lipinski definition) is 1. The van der Waals surface area contributed by atoms with Gasteiger partial charge in [0.1, 0.15) is 5.01 Å². The van der Waals surface area contributed by atoms with Gasteiger partial charge in [-0.2, -0.15) is 0 Å². The highest BCUT2D eigenvalue weighted by molar-refractivity contribution is 7.15. The Morgan fingerprint density at radius 1 is 1.00 bits per heavy atom. The summed E-state index contributed by atoms with van der Waals surface area (Å²) in [6, 6.07) is 13.6. The standard InChI is InChI=1S/C20H16N4O3S/c1-2-17-22-23-20(28-17)21-16(25)11-12-7-9-13(10-8-12)24-18(26)14-5-3-4-6-15(14)19(24)27/h3-10H,2,11H2,1H3,(H,21,23,25). The Kier molecular flexibility index (Phi) is 4.70. The lowest BCUT2D eigenvalue weighted by atomic mass is 10.1. The van der Waals surface area contributed by atoms with E-state index in [0.717, 1.165) is 21.9 Å². The van der Waals surface area contributed by atoms with Crippen molar-refractivity contribution >= 4 is 39.9 Å². The van der Waals surface area contributed by atoms with Gasteiger partial charge in [-0.15, -0.1) is 10.2 Å². The van der Waals surface area contributed by atoms with Crippen LogP contribution in [0.5, 0.6) is 0 Å². The monoisotopic (exact) mass is 392 g/mol. The molecule has 1 N–H and O–H groups in total. The largest absolute Gasteiger partial charge is 0.300 e. The van der Waals surface area contributed by atoms with Crippen molar-refractivity contribution in [2.75, 3.05) is 10.2 Å². The van der Waals surface area contributed by atoms with Crippen molar-refractivity contribution in [3.63, 3.8) is 0 Å². The Labute approximate surface area is 165 Å². The highest BCUT2D eigenvalue weighted by Crippen LogP contribution is 2.28. The van der Waals surface area contributed by atoms with E-state index in [1.807, 2.05) is 6.92 Å². The van der Waals surface area contributed by atoms with Gasteiger partial charge in [-0.3, -0.25) is 14.4 Å². The van der Waals surface area contributed by atoms with Crippen LogP contribution in [-0.2, 0) is 17.6 Å². The molecule has 8 heteroatoms. The second-order valence-corrected chi connectivity index (χ2v) is 7.30. The molecule has 0 fully saturated rings. The maximum atomic E-state index is 12.5. The number of amides is 3. The van der Waals surface area contributed by atoms with Crippen molar-refractivity contribution in [1.82, 2.24) is 10.2 Å². The second-order valence-electron chi connectivity index (χ2n) is 6.24. The third-order valence-electron chi connectivity index (χ3n) is 4.37. The Morgan fingerprint density at radius 2 is 1.64 bits per heavy atom. The third kappa shape index (κ3) is 3.29. The van der Waals surface area contributed by atoms with Crippen LogP contribution in [-0.4, -0.2) is 27.9 Å². The predicted octanol–water partition coefficient (Wildman–Crippen LogP) is 3.08. The van der Waals surface area contributed by atoms with Crippen molar-refractivity contribution in [2.45, 2.75) is 19.8 Å². The van der Waals surface area contributed by atoms with Crippen LogP contribution in [0.4, 0.5) is 10.8 Å². The molecule has 0 radical (unpaired) electrons. The fourth-order valence-electron chi connectivity index (χ4n) is 2.98. The molecule has 7 nitrogen and oxygen atoms in total. The Morgan fingerprint density at radius 3 is 2.21 bits per heavy atom. The average molecular weight is 392 g/mol. The van der Waals surface area contributed by atoms with E-state index in [2.05, 4.69) is 15.5 Å². The first-order valence-electron chi connectivity index (χ1n) is 8.76. The number of imide groups is 1. The number of nitrogens with zero attached hydrogens (tertiary/aromatic N) is 3. The molecule has 28 heavy (non-hydrogen) atoms. The quantitative estimate of drug-likeness (QED) is 0.674. The molecule has 3 aromatic rings. The minimum absolute atomic E-state index is 0.156. The number of anilines is 2. The van der Waals surface area contributed by atoms with Crippen molar-refractivity contribution < 1.29 is 14.4 Å². The van der Waals surface area contributed by atoms with Crippen molar-refractivity contribution in [2.24, 2.45) is 0 Å². The van der Waals surface area contributed by atoms with E-state index in [-0.39, 0.29) is 24.1 Å². The number of fused-ring (bicyclic) bond motifs is 1. The molecule has 4 rings (SSSR count). The normalized spacial score (nSPS) is 13.0. The zero-order valence-corrected chi connectivity index (χ0v) is 15.8. The number of hydrogen-bond acceptors (Lipinski definition) is 6. The van der Waals surface area contributed by atoms with Gasteiger partial charge >= 0.3 is 0 Å². The summed E-state index contributed by atoms with van der Waals surface area (Å²) in [4.78, 5) is 38.4. The molecule has 2 heterocycles. The zero-order chi connectivity index (χ0) is 19.7. The van der Waals surface area contributed by atoms with Gasteiger partial charge in [-0.05, 0) is 36.2 Å². The van der Waals surface area contributed by atoms with E-state index in [1.165, 1.54) is 11.3 Å². The topological polar surface area (TPSA) is 92.3 Å². The highest BCUT2D eigenvalue weighted by Gasteiger charge is 2.36. The molecule has 0 saturated carbocycles. The van der Waals surface area contributed by atoms with Gasteiger partial charge in [0.2, 0.25) is 11.0 Å². The molecule has 2 aromatic carbocycles. The molecule has 1 aromatic heterocycles. The number of carbonyl (C=O) groups is 3. The number of carbonyl (C=O) groups excluding carboxylic acids is 3. The fraction of sp³-hybridized carbons (Fsp3) is 0.150. The average Bonchev–Trinajstić information content (AvgIpc) is 3.26. The maximum absolute atomic E-state index is 12.5. The van der Waals surface area contributed by atoms with E-state index in [1.54, 1.807) is 48.5 Å². The van der Waals surface area contributed by atoms with Crippen LogP contribution < -0.4 is 10.2 Å². The van der Waals surface area contributed by atoms with Gasteiger partial charge in [0.15, 0.2) is 0 Å². The van der Waals surface area contributed by atoms with Crippen molar-refractivity contribution in [1.29, 1.82) is 0 Å². The van der Waals surface area contributed by atoms with Gasteiger partial charge in [0, 0.05) is 0 Å². The lowest BCUT2D eigenvalue weighted by molar-refractivity contribution is -0.115.